The molecule has 1 atom stereocenters. The van der Waals surface area contributed by atoms with Crippen LogP contribution in [0.15, 0.2) is 0 Å². The SMILES string of the molecule is CCCCCCCCCCCCCCCCOC(=O)C(NC(=O)OCC(C)(C)C)C(C)(C)C. The molecule has 0 aromatic heterocycles. The Morgan fingerprint density at radius 1 is 0.667 bits per heavy atom. The van der Waals surface area contributed by atoms with Gasteiger partial charge in [0.25, 0.3) is 0 Å². The molecular weight excluding hydrogens is 414 g/mol. The maximum absolute atomic E-state index is 12.6. The van der Waals surface area contributed by atoms with Crippen LogP contribution in [0, 0.1) is 10.8 Å². The second kappa shape index (κ2) is 18.1. The quantitative estimate of drug-likeness (QED) is 0.162. The molecule has 0 radical (unpaired) electrons. The molecule has 0 spiro atoms. The third-order valence-corrected chi connectivity index (χ3v) is 5.74. The first-order chi connectivity index (χ1) is 15.5. The number of alkyl carbamates (subject to hydrolysis) is 1. The number of hydrogen-bond acceptors (Lipinski definition) is 4. The molecule has 1 unspecified atom stereocenters. The number of hydrogen-bond donors (Lipinski definition) is 1. The summed E-state index contributed by atoms with van der Waals surface area (Å²) < 4.78 is 10.7. The summed E-state index contributed by atoms with van der Waals surface area (Å²) in [5.74, 6) is -0.384. The van der Waals surface area contributed by atoms with E-state index in [0.29, 0.717) is 13.2 Å². The number of nitrogens with one attached hydrogen (secondary N) is 1. The summed E-state index contributed by atoms with van der Waals surface area (Å²) in [5, 5.41) is 2.70. The molecule has 0 saturated heterocycles. The minimum absolute atomic E-state index is 0.122. The van der Waals surface area contributed by atoms with Crippen LogP contribution in [0.3, 0.4) is 0 Å². The summed E-state index contributed by atoms with van der Waals surface area (Å²) in [6.45, 7) is 14.7. The minimum atomic E-state index is -0.725. The zero-order chi connectivity index (χ0) is 25.2. The molecule has 5 heteroatoms. The van der Waals surface area contributed by atoms with Gasteiger partial charge in [-0.15, -0.1) is 0 Å². The lowest BCUT2D eigenvalue weighted by molar-refractivity contribution is -0.149. The van der Waals surface area contributed by atoms with E-state index in [0.717, 1.165) is 12.8 Å². The summed E-state index contributed by atoms with van der Waals surface area (Å²) in [6.07, 6.45) is 17.6. The normalized spacial score (nSPS) is 12.9. The highest BCUT2D eigenvalue weighted by molar-refractivity contribution is 5.82. The van der Waals surface area contributed by atoms with E-state index in [4.69, 9.17) is 9.47 Å². The van der Waals surface area contributed by atoms with Crippen molar-refractivity contribution in [3.8, 4) is 0 Å². The van der Waals surface area contributed by atoms with Crippen molar-refractivity contribution in [2.45, 2.75) is 144 Å². The summed E-state index contributed by atoms with van der Waals surface area (Å²) >= 11 is 0. The van der Waals surface area contributed by atoms with E-state index < -0.39 is 17.6 Å². The summed E-state index contributed by atoms with van der Waals surface area (Å²) in [4.78, 5) is 24.7. The Labute approximate surface area is 205 Å². The molecule has 0 aliphatic rings. The van der Waals surface area contributed by atoms with Crippen molar-refractivity contribution >= 4 is 12.1 Å². The molecule has 196 valence electrons. The second-order valence-electron chi connectivity index (χ2n) is 11.8. The predicted octanol–water partition coefficient (Wildman–Crippen LogP) is 8.20. The molecule has 0 fully saturated rings. The van der Waals surface area contributed by atoms with Gasteiger partial charge in [-0.2, -0.15) is 0 Å². The van der Waals surface area contributed by atoms with Crippen LogP contribution >= 0.6 is 0 Å². The standard InChI is InChI=1S/C28H55NO4/c1-8-9-10-11-12-13-14-15-16-17-18-19-20-21-22-32-25(30)24(28(5,6)7)29-26(31)33-23-27(2,3)4/h24H,8-23H2,1-7H3,(H,29,31). The number of unbranched alkanes of at least 4 members (excludes halogenated alkanes) is 13. The zero-order valence-electron chi connectivity index (χ0n) is 23.0. The van der Waals surface area contributed by atoms with Crippen LogP contribution in [0.25, 0.3) is 0 Å². The van der Waals surface area contributed by atoms with Gasteiger partial charge in [-0.1, -0.05) is 132 Å². The maximum Gasteiger partial charge on any atom is 0.407 e. The largest absolute Gasteiger partial charge is 0.464 e. The highest BCUT2D eigenvalue weighted by Crippen LogP contribution is 2.21. The maximum atomic E-state index is 12.6. The summed E-state index contributed by atoms with van der Waals surface area (Å²) in [6, 6.07) is -0.725. The molecule has 0 aliphatic carbocycles. The Balaban J connectivity index is 3.86. The Morgan fingerprint density at radius 3 is 1.48 bits per heavy atom. The molecule has 0 aromatic carbocycles. The van der Waals surface area contributed by atoms with Crippen molar-refractivity contribution in [3.63, 3.8) is 0 Å². The Kier molecular flexibility index (Phi) is 17.4. The van der Waals surface area contributed by atoms with Crippen LogP contribution in [0.1, 0.15) is 138 Å². The smallest absolute Gasteiger partial charge is 0.407 e. The Bertz CT molecular complexity index is 505. The third-order valence-electron chi connectivity index (χ3n) is 5.74. The van der Waals surface area contributed by atoms with Crippen molar-refractivity contribution in [2.24, 2.45) is 10.8 Å². The highest BCUT2D eigenvalue weighted by Gasteiger charge is 2.34. The van der Waals surface area contributed by atoms with E-state index >= 15 is 0 Å². The predicted molar refractivity (Wildman–Crippen MR) is 138 cm³/mol. The van der Waals surface area contributed by atoms with Gasteiger partial charge in [-0.05, 0) is 17.3 Å². The van der Waals surface area contributed by atoms with E-state index in [-0.39, 0.29) is 11.4 Å². The fourth-order valence-electron chi connectivity index (χ4n) is 3.62. The van der Waals surface area contributed by atoms with Gasteiger partial charge >= 0.3 is 12.1 Å². The Morgan fingerprint density at radius 2 is 1.09 bits per heavy atom. The fourth-order valence-corrected chi connectivity index (χ4v) is 3.62. The van der Waals surface area contributed by atoms with Crippen LogP contribution in [0.5, 0.6) is 0 Å². The van der Waals surface area contributed by atoms with Crippen molar-refractivity contribution in [1.82, 2.24) is 5.32 Å². The number of amides is 1. The van der Waals surface area contributed by atoms with Gasteiger partial charge in [0, 0.05) is 0 Å². The first-order valence-corrected chi connectivity index (χ1v) is 13.6. The van der Waals surface area contributed by atoms with Gasteiger partial charge in [0.1, 0.15) is 6.04 Å². The first kappa shape index (κ1) is 31.7. The number of ether oxygens (including phenoxy) is 2. The minimum Gasteiger partial charge on any atom is -0.464 e. The van der Waals surface area contributed by atoms with E-state index in [1.165, 1.54) is 77.0 Å². The molecule has 0 aromatic rings. The van der Waals surface area contributed by atoms with Gasteiger partial charge in [0.05, 0.1) is 13.2 Å². The molecule has 0 rings (SSSR count). The summed E-state index contributed by atoms with van der Waals surface area (Å²) in [5.41, 5.74) is -0.573. The third kappa shape index (κ3) is 19.9. The summed E-state index contributed by atoms with van der Waals surface area (Å²) in [7, 11) is 0. The number of carbonyl (C=O) groups is 2. The van der Waals surface area contributed by atoms with E-state index in [2.05, 4.69) is 12.2 Å². The van der Waals surface area contributed by atoms with Gasteiger partial charge in [-0.25, -0.2) is 9.59 Å². The van der Waals surface area contributed by atoms with Crippen molar-refractivity contribution in [3.05, 3.63) is 0 Å². The van der Waals surface area contributed by atoms with Crippen LogP contribution in [0.4, 0.5) is 4.79 Å². The Hall–Kier alpha value is -1.26. The second-order valence-corrected chi connectivity index (χ2v) is 11.8. The lowest BCUT2D eigenvalue weighted by atomic mass is 9.87. The average molecular weight is 470 g/mol. The number of rotatable bonds is 18. The van der Waals surface area contributed by atoms with E-state index in [9.17, 15) is 9.59 Å². The number of esters is 1. The van der Waals surface area contributed by atoms with Crippen molar-refractivity contribution in [2.75, 3.05) is 13.2 Å². The average Bonchev–Trinajstić information content (AvgIpc) is 2.71. The molecule has 0 aliphatic heterocycles. The van der Waals surface area contributed by atoms with Crippen LogP contribution in [-0.4, -0.2) is 31.3 Å². The molecule has 33 heavy (non-hydrogen) atoms. The lowest BCUT2D eigenvalue weighted by Crippen LogP contribution is -2.50. The monoisotopic (exact) mass is 469 g/mol. The molecular formula is C28H55NO4. The van der Waals surface area contributed by atoms with Crippen LogP contribution in [0.2, 0.25) is 0 Å². The van der Waals surface area contributed by atoms with E-state index in [1.807, 2.05) is 41.5 Å². The van der Waals surface area contributed by atoms with Gasteiger partial charge in [0.15, 0.2) is 0 Å². The molecule has 0 bridgehead atoms. The number of carbonyl (C=O) groups excluding carboxylic acids is 2. The molecule has 5 nitrogen and oxygen atoms in total. The molecule has 0 heterocycles. The van der Waals surface area contributed by atoms with Gasteiger partial charge in [0.2, 0.25) is 0 Å². The van der Waals surface area contributed by atoms with Crippen molar-refractivity contribution < 1.29 is 19.1 Å². The van der Waals surface area contributed by atoms with Crippen LogP contribution < -0.4 is 5.32 Å². The molecule has 1 N–H and O–H groups in total. The highest BCUT2D eigenvalue weighted by atomic mass is 16.6. The molecule has 0 saturated carbocycles. The van der Waals surface area contributed by atoms with Crippen molar-refractivity contribution in [1.29, 1.82) is 0 Å². The molecule has 1 amide bonds. The van der Waals surface area contributed by atoms with E-state index in [1.54, 1.807) is 0 Å². The van der Waals surface area contributed by atoms with Gasteiger partial charge < -0.3 is 14.8 Å². The first-order valence-electron chi connectivity index (χ1n) is 13.6. The van der Waals surface area contributed by atoms with Gasteiger partial charge in [-0.3, -0.25) is 0 Å². The fraction of sp³-hybridized carbons (Fsp3) is 0.929. The zero-order valence-corrected chi connectivity index (χ0v) is 23.0. The van der Waals surface area contributed by atoms with Crippen LogP contribution in [-0.2, 0) is 14.3 Å². The topological polar surface area (TPSA) is 64.6 Å². The lowest BCUT2D eigenvalue weighted by Gasteiger charge is -2.29.